The second kappa shape index (κ2) is 5.82. The summed E-state index contributed by atoms with van der Waals surface area (Å²) in [5, 5.41) is 3.67. The van der Waals surface area contributed by atoms with Gasteiger partial charge in [0.1, 0.15) is 15.2 Å². The predicted molar refractivity (Wildman–Crippen MR) is 99.1 cm³/mol. The summed E-state index contributed by atoms with van der Waals surface area (Å²) in [7, 11) is 1.93. The number of aromatic nitrogens is 4. The van der Waals surface area contributed by atoms with Crippen LogP contribution >= 0.6 is 11.3 Å². The second-order valence-corrected chi connectivity index (χ2v) is 6.83. The van der Waals surface area contributed by atoms with Gasteiger partial charge in [0.05, 0.1) is 11.8 Å². The molecular formula is C17H16N6OS. The van der Waals surface area contributed by atoms with E-state index in [0.29, 0.717) is 23.5 Å². The Balaban J connectivity index is 1.82. The van der Waals surface area contributed by atoms with E-state index in [9.17, 15) is 4.79 Å². The lowest BCUT2D eigenvalue weighted by Crippen LogP contribution is -2.18. The Kier molecular flexibility index (Phi) is 3.61. The number of nitrogens with one attached hydrogen (secondary N) is 1. The molecule has 0 spiro atoms. The van der Waals surface area contributed by atoms with E-state index < -0.39 is 0 Å². The zero-order valence-corrected chi connectivity index (χ0v) is 14.6. The Morgan fingerprint density at radius 1 is 1.36 bits per heavy atom. The van der Waals surface area contributed by atoms with Crippen LogP contribution in [-0.2, 0) is 18.4 Å². The van der Waals surface area contributed by atoms with Crippen molar-refractivity contribution in [2.45, 2.75) is 13.5 Å². The van der Waals surface area contributed by atoms with Gasteiger partial charge in [-0.25, -0.2) is 15.0 Å². The van der Waals surface area contributed by atoms with Crippen molar-refractivity contribution in [3.8, 4) is 10.6 Å². The number of pyridine rings is 1. The summed E-state index contributed by atoms with van der Waals surface area (Å²) >= 11 is 1.56. The smallest absolute Gasteiger partial charge is 0.217 e. The fraction of sp³-hybridized carbons (Fsp3) is 0.176. The molecule has 0 aliphatic carbocycles. The number of anilines is 1. The van der Waals surface area contributed by atoms with Crippen molar-refractivity contribution < 1.29 is 4.79 Å². The highest BCUT2D eigenvalue weighted by Gasteiger charge is 2.16. The van der Waals surface area contributed by atoms with Gasteiger partial charge in [0.15, 0.2) is 11.5 Å². The van der Waals surface area contributed by atoms with E-state index in [1.807, 2.05) is 35.9 Å². The maximum Gasteiger partial charge on any atom is 0.217 e. The third-order valence-corrected chi connectivity index (χ3v) is 5.05. The maximum atomic E-state index is 11.1. The van der Waals surface area contributed by atoms with E-state index in [1.54, 1.807) is 17.7 Å². The van der Waals surface area contributed by atoms with Crippen molar-refractivity contribution in [1.82, 2.24) is 24.8 Å². The number of hydrogen-bond acceptors (Lipinski definition) is 6. The molecule has 0 saturated heterocycles. The van der Waals surface area contributed by atoms with Gasteiger partial charge >= 0.3 is 0 Å². The first-order valence-corrected chi connectivity index (χ1v) is 8.55. The first-order chi connectivity index (χ1) is 12.0. The Bertz CT molecular complexity index is 1110. The van der Waals surface area contributed by atoms with Gasteiger partial charge in [-0.05, 0) is 11.6 Å². The van der Waals surface area contributed by atoms with Gasteiger partial charge in [-0.15, -0.1) is 11.3 Å². The Hall–Kier alpha value is -3.00. The molecule has 0 atom stereocenters. The number of benzene rings is 1. The summed E-state index contributed by atoms with van der Waals surface area (Å²) in [4.78, 5) is 24.5. The molecule has 8 heteroatoms. The van der Waals surface area contributed by atoms with Crippen LogP contribution in [-0.4, -0.2) is 25.4 Å². The first kappa shape index (κ1) is 15.5. The van der Waals surface area contributed by atoms with Gasteiger partial charge in [0.2, 0.25) is 5.91 Å². The summed E-state index contributed by atoms with van der Waals surface area (Å²) in [5.41, 5.74) is 10.3. The Labute approximate surface area is 147 Å². The number of fused-ring (bicyclic) bond motifs is 3. The molecule has 1 aromatic carbocycles. The van der Waals surface area contributed by atoms with E-state index in [1.165, 1.54) is 6.92 Å². The number of nitrogens with two attached hydrogens (primary N) is 1. The van der Waals surface area contributed by atoms with Gasteiger partial charge in [-0.3, -0.25) is 4.79 Å². The van der Waals surface area contributed by atoms with E-state index in [4.69, 9.17) is 5.73 Å². The highest BCUT2D eigenvalue weighted by atomic mass is 32.1. The van der Waals surface area contributed by atoms with Crippen molar-refractivity contribution in [2.24, 2.45) is 7.05 Å². The van der Waals surface area contributed by atoms with Crippen molar-refractivity contribution in [3.63, 3.8) is 0 Å². The number of carbonyl (C=O) groups excluding carboxylic acids is 1. The highest BCUT2D eigenvalue weighted by molar-refractivity contribution is 7.22. The Morgan fingerprint density at radius 2 is 2.20 bits per heavy atom. The van der Waals surface area contributed by atoms with Crippen molar-refractivity contribution in [3.05, 3.63) is 36.2 Å². The van der Waals surface area contributed by atoms with Crippen LogP contribution in [0.3, 0.4) is 0 Å². The van der Waals surface area contributed by atoms with Crippen LogP contribution in [0.4, 0.5) is 5.82 Å². The monoisotopic (exact) mass is 352 g/mol. The van der Waals surface area contributed by atoms with Crippen LogP contribution in [0.1, 0.15) is 12.5 Å². The summed E-state index contributed by atoms with van der Waals surface area (Å²) in [6.45, 7) is 2.00. The summed E-state index contributed by atoms with van der Waals surface area (Å²) in [5.74, 6) is 0.336. The van der Waals surface area contributed by atoms with Crippen LogP contribution < -0.4 is 11.1 Å². The van der Waals surface area contributed by atoms with Crippen LogP contribution in [0.15, 0.2) is 30.6 Å². The third kappa shape index (κ3) is 2.70. The molecule has 4 rings (SSSR count). The molecule has 0 saturated carbocycles. The highest BCUT2D eigenvalue weighted by Crippen LogP contribution is 2.35. The molecule has 3 aromatic heterocycles. The van der Waals surface area contributed by atoms with Gasteiger partial charge < -0.3 is 15.6 Å². The summed E-state index contributed by atoms with van der Waals surface area (Å²) in [6.07, 6.45) is 1.73. The van der Waals surface area contributed by atoms with E-state index in [-0.39, 0.29) is 5.91 Å². The minimum Gasteiger partial charge on any atom is -0.382 e. The summed E-state index contributed by atoms with van der Waals surface area (Å²) in [6, 6.07) is 7.96. The quantitative estimate of drug-likeness (QED) is 0.590. The molecule has 0 radical (unpaired) electrons. The second-order valence-electron chi connectivity index (χ2n) is 5.83. The lowest BCUT2D eigenvalue weighted by molar-refractivity contribution is -0.119. The minimum atomic E-state index is -0.0522. The largest absolute Gasteiger partial charge is 0.382 e. The minimum absolute atomic E-state index is 0.0522. The van der Waals surface area contributed by atoms with Crippen LogP contribution in [0, 0.1) is 0 Å². The number of thiazole rings is 1. The van der Waals surface area contributed by atoms with Crippen LogP contribution in [0.5, 0.6) is 0 Å². The molecule has 7 nitrogen and oxygen atoms in total. The number of rotatable bonds is 3. The molecule has 0 fully saturated rings. The van der Waals surface area contributed by atoms with E-state index in [0.717, 1.165) is 26.4 Å². The molecule has 126 valence electrons. The topological polar surface area (TPSA) is 98.7 Å². The van der Waals surface area contributed by atoms with Crippen LogP contribution in [0.2, 0.25) is 0 Å². The van der Waals surface area contributed by atoms with Crippen molar-refractivity contribution in [2.75, 3.05) is 5.73 Å². The zero-order valence-electron chi connectivity index (χ0n) is 13.8. The first-order valence-electron chi connectivity index (χ1n) is 7.73. The SMILES string of the molecule is CC(=O)NCc1cccc(-c2nc3nc(N)c4ncn(C)c4c3s2)c1. The number of imidazole rings is 1. The molecule has 3 heterocycles. The molecule has 1 amide bonds. The van der Waals surface area contributed by atoms with Gasteiger partial charge in [0, 0.05) is 26.1 Å². The van der Waals surface area contributed by atoms with Gasteiger partial charge in [-0.1, -0.05) is 18.2 Å². The molecule has 0 aliphatic rings. The fourth-order valence-electron chi connectivity index (χ4n) is 2.76. The molecule has 3 N–H and O–H groups in total. The lowest BCUT2D eigenvalue weighted by Gasteiger charge is -2.04. The van der Waals surface area contributed by atoms with E-state index in [2.05, 4.69) is 20.3 Å². The number of aryl methyl sites for hydroxylation is 1. The Morgan fingerprint density at radius 3 is 3.00 bits per heavy atom. The molecule has 0 unspecified atom stereocenters. The number of nitrogens with zero attached hydrogens (tertiary/aromatic N) is 4. The van der Waals surface area contributed by atoms with Gasteiger partial charge in [0.25, 0.3) is 0 Å². The maximum absolute atomic E-state index is 11.1. The number of carbonyl (C=O) groups is 1. The van der Waals surface area contributed by atoms with Crippen molar-refractivity contribution >= 4 is 44.4 Å². The molecular weight excluding hydrogens is 336 g/mol. The molecule has 0 aliphatic heterocycles. The van der Waals surface area contributed by atoms with Crippen LogP contribution in [0.25, 0.3) is 32.0 Å². The predicted octanol–water partition coefficient (Wildman–Crippen LogP) is 2.46. The number of hydrogen-bond donors (Lipinski definition) is 2. The zero-order chi connectivity index (χ0) is 17.6. The number of amides is 1. The average molecular weight is 352 g/mol. The standard InChI is InChI=1S/C17H16N6OS/c1-9(24)19-7-10-4-3-5-11(6-10)17-22-16-14(25-17)13-12(15(18)21-16)20-8-23(13)2/h3-6,8H,7H2,1-2H3,(H2,18,21)(H,19,24). The average Bonchev–Trinajstić information content (AvgIpc) is 3.17. The lowest BCUT2D eigenvalue weighted by atomic mass is 10.1. The molecule has 25 heavy (non-hydrogen) atoms. The van der Waals surface area contributed by atoms with Crippen molar-refractivity contribution in [1.29, 1.82) is 0 Å². The van der Waals surface area contributed by atoms with Gasteiger partial charge in [-0.2, -0.15) is 0 Å². The third-order valence-electron chi connectivity index (χ3n) is 3.95. The molecule has 4 aromatic rings. The summed E-state index contributed by atoms with van der Waals surface area (Å²) < 4.78 is 2.90. The number of nitrogen functional groups attached to an aromatic ring is 1. The molecule has 0 bridgehead atoms. The normalized spacial score (nSPS) is 11.3. The fourth-order valence-corrected chi connectivity index (χ4v) is 3.85. The van der Waals surface area contributed by atoms with E-state index >= 15 is 0 Å².